The smallest absolute Gasteiger partial charge is 0.326 e. The molecule has 1 rings (SSSR count). The van der Waals surface area contributed by atoms with Crippen molar-refractivity contribution in [2.75, 3.05) is 18.8 Å². The van der Waals surface area contributed by atoms with Gasteiger partial charge in [0, 0.05) is 30.6 Å². The number of hydrogen-bond acceptors (Lipinski definition) is 9. The summed E-state index contributed by atoms with van der Waals surface area (Å²) in [5.74, 6) is -3.35. The quantitative estimate of drug-likeness (QED) is 0.0387. The summed E-state index contributed by atoms with van der Waals surface area (Å²) in [7, 11) is 0. The second-order valence-electron chi connectivity index (χ2n) is 8.33. The first kappa shape index (κ1) is 31.7. The van der Waals surface area contributed by atoms with Gasteiger partial charge in [0.25, 0.3) is 0 Å². The molecule has 1 aromatic rings. The van der Waals surface area contributed by atoms with Crippen LogP contribution in [0.5, 0.6) is 0 Å². The number of carbonyl (C=O) groups excluding carboxylic acids is 3. The predicted molar refractivity (Wildman–Crippen MR) is 140 cm³/mol. The minimum atomic E-state index is -1.24. The van der Waals surface area contributed by atoms with E-state index in [4.69, 9.17) is 22.9 Å². The number of unbranched alkanes of at least 4 members (excludes halogenated alkanes) is 1. The van der Waals surface area contributed by atoms with Gasteiger partial charge in [-0.2, -0.15) is 12.6 Å². The predicted octanol–water partition coefficient (Wildman–Crippen LogP) is -3.07. The number of hydrogen-bond donors (Lipinski definition) is 10. The van der Waals surface area contributed by atoms with Crippen LogP contribution in [0, 0.1) is 0 Å². The van der Waals surface area contributed by atoms with Gasteiger partial charge in [-0.25, -0.2) is 9.78 Å². The Hall–Kier alpha value is -3.37. The van der Waals surface area contributed by atoms with Crippen molar-refractivity contribution in [3.63, 3.8) is 0 Å². The van der Waals surface area contributed by atoms with Crippen molar-refractivity contribution in [1.29, 1.82) is 0 Å². The molecule has 208 valence electrons. The van der Waals surface area contributed by atoms with E-state index in [0.29, 0.717) is 31.5 Å². The number of aliphatic carboxylic acids is 1. The summed E-state index contributed by atoms with van der Waals surface area (Å²) in [5.41, 5.74) is 22.6. The third-order valence-electron chi connectivity index (χ3n) is 5.29. The highest BCUT2D eigenvalue weighted by atomic mass is 32.1. The minimum Gasteiger partial charge on any atom is -0.480 e. The molecule has 3 amide bonds. The lowest BCUT2D eigenvalue weighted by molar-refractivity contribution is -0.142. The highest BCUT2D eigenvalue weighted by Gasteiger charge is 2.29. The Labute approximate surface area is 220 Å². The second kappa shape index (κ2) is 17.1. The van der Waals surface area contributed by atoms with Crippen LogP contribution in [0.25, 0.3) is 0 Å². The fourth-order valence-corrected chi connectivity index (χ4v) is 3.52. The molecule has 0 saturated carbocycles. The summed E-state index contributed by atoms with van der Waals surface area (Å²) in [6.07, 6.45) is 4.86. The molecule has 16 heteroatoms. The van der Waals surface area contributed by atoms with Gasteiger partial charge in [0.15, 0.2) is 5.96 Å². The zero-order chi connectivity index (χ0) is 27.8. The maximum Gasteiger partial charge on any atom is 0.326 e. The second-order valence-corrected chi connectivity index (χ2v) is 8.69. The standard InChI is InChI=1S/C21H38N10O5S/c22-6-2-1-4-14(18(33)30-15(20(35)36)5-3-7-27-21(24)25)29-19(34)16(10-37)31-17(32)13(23)8-12-9-26-11-28-12/h9,11,13-16,37H,1-8,10,22-23H2,(H,26,28)(H,29,34)(H,30,33)(H,31,32)(H,35,36)(H4,24,25,27). The molecule has 4 unspecified atom stereocenters. The fraction of sp³-hybridized carbons (Fsp3) is 0.619. The number of nitrogens with zero attached hydrogens (tertiary/aromatic N) is 2. The van der Waals surface area contributed by atoms with Gasteiger partial charge in [0.1, 0.15) is 18.1 Å². The molecule has 0 saturated heterocycles. The van der Waals surface area contributed by atoms with E-state index in [9.17, 15) is 24.3 Å². The van der Waals surface area contributed by atoms with E-state index < -0.39 is 47.9 Å². The molecule has 37 heavy (non-hydrogen) atoms. The van der Waals surface area contributed by atoms with Crippen LogP contribution in [0.3, 0.4) is 0 Å². The van der Waals surface area contributed by atoms with Crippen LogP contribution < -0.4 is 38.9 Å². The van der Waals surface area contributed by atoms with Gasteiger partial charge in [-0.15, -0.1) is 0 Å². The van der Waals surface area contributed by atoms with Crippen LogP contribution in [0.2, 0.25) is 0 Å². The zero-order valence-electron chi connectivity index (χ0n) is 20.6. The Kier molecular flexibility index (Phi) is 14.7. The molecule has 0 aliphatic rings. The molecule has 4 atom stereocenters. The molecule has 1 aromatic heterocycles. The van der Waals surface area contributed by atoms with Crippen LogP contribution >= 0.6 is 12.6 Å². The van der Waals surface area contributed by atoms with Crippen molar-refractivity contribution >= 4 is 42.3 Å². The highest BCUT2D eigenvalue weighted by molar-refractivity contribution is 7.80. The number of guanidine groups is 1. The molecular formula is C21H38N10O5S. The number of carboxylic acid groups (broad SMARTS) is 1. The largest absolute Gasteiger partial charge is 0.480 e. The summed E-state index contributed by atoms with van der Waals surface area (Å²) in [5, 5.41) is 17.1. The van der Waals surface area contributed by atoms with E-state index in [-0.39, 0.29) is 37.5 Å². The fourth-order valence-electron chi connectivity index (χ4n) is 3.27. The van der Waals surface area contributed by atoms with E-state index >= 15 is 0 Å². The third kappa shape index (κ3) is 12.4. The summed E-state index contributed by atoms with van der Waals surface area (Å²) < 4.78 is 0. The molecule has 0 aliphatic heterocycles. The van der Waals surface area contributed by atoms with Gasteiger partial charge >= 0.3 is 5.97 Å². The van der Waals surface area contributed by atoms with Gasteiger partial charge in [0.05, 0.1) is 12.4 Å². The molecule has 13 N–H and O–H groups in total. The Bertz CT molecular complexity index is 894. The number of imidazole rings is 1. The summed E-state index contributed by atoms with van der Waals surface area (Å²) in [6.45, 7) is 0.582. The normalized spacial score (nSPS) is 14.0. The molecular weight excluding hydrogens is 504 g/mol. The lowest BCUT2D eigenvalue weighted by atomic mass is 10.1. The Morgan fingerprint density at radius 3 is 2.19 bits per heavy atom. The number of rotatable bonds is 18. The van der Waals surface area contributed by atoms with Crippen molar-refractivity contribution in [2.45, 2.75) is 62.7 Å². The molecule has 0 aliphatic carbocycles. The van der Waals surface area contributed by atoms with Crippen molar-refractivity contribution in [2.24, 2.45) is 27.9 Å². The van der Waals surface area contributed by atoms with Crippen molar-refractivity contribution in [1.82, 2.24) is 25.9 Å². The van der Waals surface area contributed by atoms with E-state index in [0.717, 1.165) is 0 Å². The highest BCUT2D eigenvalue weighted by Crippen LogP contribution is 2.06. The van der Waals surface area contributed by atoms with Gasteiger partial charge in [0.2, 0.25) is 17.7 Å². The average molecular weight is 543 g/mol. The molecule has 0 bridgehead atoms. The first-order chi connectivity index (χ1) is 17.6. The maximum absolute atomic E-state index is 12.9. The van der Waals surface area contributed by atoms with Crippen LogP contribution in [0.15, 0.2) is 17.5 Å². The van der Waals surface area contributed by atoms with Crippen LogP contribution in [0.1, 0.15) is 37.8 Å². The number of aromatic amines is 1. The van der Waals surface area contributed by atoms with Crippen LogP contribution in [-0.4, -0.2) is 87.7 Å². The maximum atomic E-state index is 12.9. The first-order valence-electron chi connectivity index (χ1n) is 11.8. The number of nitrogens with two attached hydrogens (primary N) is 4. The Morgan fingerprint density at radius 1 is 1.00 bits per heavy atom. The van der Waals surface area contributed by atoms with Crippen LogP contribution in [0.4, 0.5) is 0 Å². The average Bonchev–Trinajstić information content (AvgIpc) is 3.36. The number of carbonyl (C=O) groups is 4. The van der Waals surface area contributed by atoms with E-state index in [1.54, 1.807) is 0 Å². The van der Waals surface area contributed by atoms with Crippen molar-refractivity contribution < 1.29 is 24.3 Å². The number of thiol groups is 1. The summed E-state index contributed by atoms with van der Waals surface area (Å²) in [6, 6.07) is -4.30. The van der Waals surface area contributed by atoms with Crippen molar-refractivity contribution in [3.8, 4) is 0 Å². The number of aromatic nitrogens is 2. The SMILES string of the molecule is NCCCCC(NC(=O)C(CS)NC(=O)C(N)Cc1cnc[nH]1)C(=O)NC(CCCN=C(N)N)C(=O)O. The monoisotopic (exact) mass is 542 g/mol. The minimum absolute atomic E-state index is 0.0615. The summed E-state index contributed by atoms with van der Waals surface area (Å²) in [4.78, 5) is 60.5. The third-order valence-corrected chi connectivity index (χ3v) is 5.65. The number of H-pyrrole nitrogens is 1. The molecule has 0 radical (unpaired) electrons. The Balaban J connectivity index is 2.81. The lowest BCUT2D eigenvalue weighted by Gasteiger charge is -2.24. The molecule has 0 fully saturated rings. The van der Waals surface area contributed by atoms with Gasteiger partial charge in [-0.05, 0) is 38.6 Å². The summed E-state index contributed by atoms with van der Waals surface area (Å²) >= 11 is 4.14. The number of aliphatic imine (C=N–C) groups is 1. The first-order valence-corrected chi connectivity index (χ1v) is 12.4. The van der Waals surface area contributed by atoms with E-state index in [1.807, 2.05) is 0 Å². The lowest BCUT2D eigenvalue weighted by Crippen LogP contribution is -2.57. The topological polar surface area (TPSA) is 270 Å². The molecule has 0 spiro atoms. The Morgan fingerprint density at radius 2 is 1.62 bits per heavy atom. The number of carboxylic acids is 1. The zero-order valence-corrected chi connectivity index (χ0v) is 21.5. The number of amides is 3. The molecule has 15 nitrogen and oxygen atoms in total. The molecule has 0 aromatic carbocycles. The molecule has 1 heterocycles. The van der Waals surface area contributed by atoms with Gasteiger partial charge in [-0.3, -0.25) is 19.4 Å². The van der Waals surface area contributed by atoms with Gasteiger partial charge in [-0.1, -0.05) is 0 Å². The van der Waals surface area contributed by atoms with E-state index in [2.05, 4.69) is 43.5 Å². The van der Waals surface area contributed by atoms with Crippen LogP contribution in [-0.2, 0) is 25.6 Å². The van der Waals surface area contributed by atoms with Crippen molar-refractivity contribution in [3.05, 3.63) is 18.2 Å². The number of nitrogens with one attached hydrogen (secondary N) is 4. The van der Waals surface area contributed by atoms with E-state index in [1.165, 1.54) is 12.5 Å². The van der Waals surface area contributed by atoms with Gasteiger partial charge < -0.3 is 49.0 Å².